The Balaban J connectivity index is 1.78. The highest BCUT2D eigenvalue weighted by Crippen LogP contribution is 2.24. The van der Waals surface area contributed by atoms with E-state index in [4.69, 9.17) is 10.1 Å². The molecule has 3 aromatic carbocycles. The number of aliphatic imine (C=N–C) groups is 1. The minimum absolute atomic E-state index is 0.158. The van der Waals surface area contributed by atoms with Gasteiger partial charge in [0.25, 0.3) is 0 Å². The van der Waals surface area contributed by atoms with Crippen molar-refractivity contribution in [2.24, 2.45) is 4.99 Å². The van der Waals surface area contributed by atoms with Gasteiger partial charge in [0, 0.05) is 12.1 Å². The van der Waals surface area contributed by atoms with Crippen LogP contribution in [-0.4, -0.2) is 36.1 Å². The zero-order valence-electron chi connectivity index (χ0n) is 18.1. The van der Waals surface area contributed by atoms with Crippen molar-refractivity contribution in [1.82, 2.24) is 4.90 Å². The lowest BCUT2D eigenvalue weighted by molar-refractivity contribution is 0.357. The predicted octanol–water partition coefficient (Wildman–Crippen LogP) is 4.72. The van der Waals surface area contributed by atoms with E-state index in [1.807, 2.05) is 55.5 Å². The van der Waals surface area contributed by atoms with Gasteiger partial charge in [0.1, 0.15) is 5.75 Å². The van der Waals surface area contributed by atoms with E-state index in [2.05, 4.69) is 49.5 Å². The first-order valence-corrected chi connectivity index (χ1v) is 10.7. The van der Waals surface area contributed by atoms with Gasteiger partial charge in [0.2, 0.25) is 0 Å². The minimum atomic E-state index is 0.158. The highest BCUT2D eigenvalue weighted by molar-refractivity contribution is 7.77. The fourth-order valence-corrected chi connectivity index (χ4v) is 3.64. The zero-order valence-corrected chi connectivity index (χ0v) is 19.1. The Hall–Kier alpha value is -2.63. The van der Waals surface area contributed by atoms with Gasteiger partial charge in [-0.05, 0) is 67.4 Å². The Bertz CT molecular complexity index is 1090. The van der Waals surface area contributed by atoms with E-state index in [0.717, 1.165) is 47.2 Å². The van der Waals surface area contributed by atoms with Crippen LogP contribution in [0.4, 0.5) is 0 Å². The first-order chi connectivity index (χ1) is 14.4. The molecule has 0 atom stereocenters. The molecule has 0 radical (unpaired) electrons. The maximum absolute atomic E-state index is 8.45. The zero-order chi connectivity index (χ0) is 21.7. The van der Waals surface area contributed by atoms with Gasteiger partial charge in [-0.1, -0.05) is 55.5 Å². The molecule has 0 unspecified atom stereocenters. The van der Waals surface area contributed by atoms with Gasteiger partial charge in [-0.2, -0.15) is 0 Å². The van der Waals surface area contributed by atoms with Crippen LogP contribution in [0.2, 0.25) is 0 Å². The number of fused-ring (bicyclic) bond motifs is 1. The number of amidine groups is 1. The molecular weight excluding hydrogens is 390 g/mol. The second-order valence-corrected chi connectivity index (χ2v) is 8.01. The Labute approximate surface area is 184 Å². The Kier molecular flexibility index (Phi) is 7.29. The lowest BCUT2D eigenvalue weighted by Gasteiger charge is -2.16. The molecule has 156 valence electrons. The van der Waals surface area contributed by atoms with Crippen LogP contribution in [0, 0.1) is 19.3 Å². The third-order valence-electron chi connectivity index (χ3n) is 5.40. The van der Waals surface area contributed by atoms with E-state index in [0.29, 0.717) is 0 Å². The van der Waals surface area contributed by atoms with Crippen LogP contribution in [0.15, 0.2) is 59.6 Å². The normalized spacial score (nSPS) is 11.9. The summed E-state index contributed by atoms with van der Waals surface area (Å²) in [5.74, 6) is 0.907. The second-order valence-electron chi connectivity index (χ2n) is 7.58. The van der Waals surface area contributed by atoms with E-state index in [1.165, 1.54) is 11.1 Å². The van der Waals surface area contributed by atoms with Crippen LogP contribution in [0.25, 0.3) is 10.8 Å². The van der Waals surface area contributed by atoms with Crippen LogP contribution in [0.5, 0.6) is 5.75 Å². The lowest BCUT2D eigenvalue weighted by Crippen LogP contribution is -2.20. The molecule has 3 rings (SSSR count). The highest BCUT2D eigenvalue weighted by atomic mass is 32.1. The minimum Gasteiger partial charge on any atom is -0.402 e. The summed E-state index contributed by atoms with van der Waals surface area (Å²) in [4.78, 5) is 6.65. The maximum Gasteiger partial charge on any atom is 0.414 e. The number of rotatable bonds is 6. The summed E-state index contributed by atoms with van der Waals surface area (Å²) >= 11 is 3.45. The molecule has 0 amide bonds. The first-order valence-electron chi connectivity index (χ1n) is 10.2. The van der Waals surface area contributed by atoms with Crippen molar-refractivity contribution < 1.29 is 4.74 Å². The van der Waals surface area contributed by atoms with Gasteiger partial charge in [-0.3, -0.25) is 5.41 Å². The van der Waals surface area contributed by atoms with Crippen molar-refractivity contribution in [2.45, 2.75) is 27.2 Å². The SMILES string of the molecule is CCN(C)CCc1cc(C)c(OC([SH2+])=NC(=N)c2cccc3ccccc23)cc1C. The molecule has 0 aromatic heterocycles. The number of ether oxygens (including phenoxy) is 1. The molecular formula is C25H30N3OS+. The summed E-state index contributed by atoms with van der Waals surface area (Å²) in [6.45, 7) is 8.39. The molecule has 0 spiro atoms. The van der Waals surface area contributed by atoms with Crippen LogP contribution >= 0.6 is 0 Å². The summed E-state index contributed by atoms with van der Waals surface area (Å²) in [7, 11) is 2.14. The maximum atomic E-state index is 8.45. The third kappa shape index (κ3) is 5.29. The summed E-state index contributed by atoms with van der Waals surface area (Å²) < 4.78 is 5.94. The first kappa shape index (κ1) is 22.1. The molecule has 0 saturated heterocycles. The van der Waals surface area contributed by atoms with Crippen LogP contribution in [-0.2, 0) is 19.0 Å². The number of nitrogens with zero attached hydrogens (tertiary/aromatic N) is 2. The fourth-order valence-electron chi connectivity index (χ4n) is 3.42. The highest BCUT2D eigenvalue weighted by Gasteiger charge is 2.13. The molecule has 0 aliphatic carbocycles. The fraction of sp³-hybridized carbons (Fsp3) is 0.280. The number of hydrogen-bond acceptors (Lipinski definition) is 3. The Morgan fingerprint density at radius 1 is 1.07 bits per heavy atom. The van der Waals surface area contributed by atoms with Gasteiger partial charge in [-0.15, -0.1) is 4.99 Å². The van der Waals surface area contributed by atoms with Crippen LogP contribution in [0.3, 0.4) is 0 Å². The topological polar surface area (TPSA) is 48.7 Å². The number of likely N-dealkylation sites (N-methyl/N-ethyl adjacent to an activating group) is 1. The molecule has 1 N–H and O–H groups in total. The molecule has 5 heteroatoms. The van der Waals surface area contributed by atoms with Crippen molar-refractivity contribution in [3.05, 3.63) is 76.9 Å². The lowest BCUT2D eigenvalue weighted by atomic mass is 10.0. The van der Waals surface area contributed by atoms with Gasteiger partial charge >= 0.3 is 5.23 Å². The van der Waals surface area contributed by atoms with Crippen molar-refractivity contribution >= 4 is 34.5 Å². The average molecular weight is 421 g/mol. The summed E-state index contributed by atoms with van der Waals surface area (Å²) in [5, 5.41) is 10.8. The standard InChI is InChI=1S/C25H29N3OS/c1-5-28(4)14-13-20-15-18(3)23(16-17(20)2)29-25(30)27-24(26)22-12-8-10-19-9-6-7-11-21(19)22/h6-12,15-16H,5,13-14H2,1-4H3,(H2,26,27,30)/p+1. The smallest absolute Gasteiger partial charge is 0.402 e. The van der Waals surface area contributed by atoms with E-state index in [-0.39, 0.29) is 11.1 Å². The molecule has 0 fully saturated rings. The molecule has 30 heavy (non-hydrogen) atoms. The average Bonchev–Trinajstić information content (AvgIpc) is 2.74. The second kappa shape index (κ2) is 9.92. The summed E-state index contributed by atoms with van der Waals surface area (Å²) in [6, 6.07) is 18.1. The van der Waals surface area contributed by atoms with Crippen molar-refractivity contribution in [2.75, 3.05) is 20.1 Å². The van der Waals surface area contributed by atoms with E-state index in [1.54, 1.807) is 0 Å². The molecule has 4 nitrogen and oxygen atoms in total. The molecule has 0 aliphatic heterocycles. The van der Waals surface area contributed by atoms with Gasteiger partial charge < -0.3 is 9.64 Å². The Morgan fingerprint density at radius 2 is 1.80 bits per heavy atom. The summed E-state index contributed by atoms with van der Waals surface area (Å²) in [6.07, 6.45) is 1.01. The van der Waals surface area contributed by atoms with Gasteiger partial charge in [0.15, 0.2) is 5.84 Å². The van der Waals surface area contributed by atoms with E-state index in [9.17, 15) is 0 Å². The van der Waals surface area contributed by atoms with E-state index < -0.39 is 0 Å². The number of hydrogen-bond donors (Lipinski definition) is 1. The number of nitrogens with one attached hydrogen (secondary N) is 1. The van der Waals surface area contributed by atoms with Crippen molar-refractivity contribution in [3.8, 4) is 5.75 Å². The van der Waals surface area contributed by atoms with Crippen LogP contribution in [0.1, 0.15) is 29.2 Å². The summed E-state index contributed by atoms with van der Waals surface area (Å²) in [5.41, 5.74) is 4.35. The third-order valence-corrected chi connectivity index (χ3v) is 5.61. The molecule has 0 heterocycles. The molecule has 0 saturated carbocycles. The van der Waals surface area contributed by atoms with Crippen LogP contribution < -0.4 is 4.74 Å². The molecule has 0 bridgehead atoms. The van der Waals surface area contributed by atoms with E-state index >= 15 is 0 Å². The quantitative estimate of drug-likeness (QED) is 0.356. The van der Waals surface area contributed by atoms with Crippen molar-refractivity contribution in [1.29, 1.82) is 5.41 Å². The predicted molar refractivity (Wildman–Crippen MR) is 132 cm³/mol. The van der Waals surface area contributed by atoms with Gasteiger partial charge in [-0.25, -0.2) is 0 Å². The number of benzene rings is 3. The monoisotopic (exact) mass is 420 g/mol. The number of aryl methyl sites for hydroxylation is 2. The molecule has 0 aliphatic rings. The van der Waals surface area contributed by atoms with Gasteiger partial charge in [0.05, 0.1) is 12.6 Å². The molecule has 3 aromatic rings. The van der Waals surface area contributed by atoms with Crippen molar-refractivity contribution in [3.63, 3.8) is 0 Å². The largest absolute Gasteiger partial charge is 0.414 e. The Morgan fingerprint density at radius 3 is 2.57 bits per heavy atom.